The Kier molecular flexibility index (Phi) is 4.32. The van der Waals surface area contributed by atoms with E-state index in [-0.39, 0.29) is 18.3 Å². The summed E-state index contributed by atoms with van der Waals surface area (Å²) in [5, 5.41) is 1.20. The molecule has 0 radical (unpaired) electrons. The lowest BCUT2D eigenvalue weighted by atomic mass is 10.2. The van der Waals surface area contributed by atoms with Gasteiger partial charge in [-0.15, -0.1) is 11.3 Å². The summed E-state index contributed by atoms with van der Waals surface area (Å²) in [4.78, 5) is 18.2. The highest BCUT2D eigenvalue weighted by Crippen LogP contribution is 2.35. The monoisotopic (exact) mass is 355 g/mol. The number of nitrogens with zero attached hydrogens (tertiary/aromatic N) is 3. The molecule has 3 rings (SSSR count). The molecule has 3 aromatic rings. The van der Waals surface area contributed by atoms with Crippen LogP contribution in [0.2, 0.25) is 5.02 Å². The van der Waals surface area contributed by atoms with Gasteiger partial charge in [0, 0.05) is 29.5 Å². The van der Waals surface area contributed by atoms with Crippen molar-refractivity contribution in [1.82, 2.24) is 14.5 Å². The maximum absolute atomic E-state index is 12.8. The van der Waals surface area contributed by atoms with E-state index in [0.717, 1.165) is 14.7 Å². The predicted octanol–water partition coefficient (Wildman–Crippen LogP) is 4.42. The molecule has 0 fully saturated rings. The Bertz CT molecular complexity index is 861. The molecule has 0 saturated carbocycles. The fraction of sp³-hybridized carbons (Fsp3) is 0.200. The van der Waals surface area contributed by atoms with Crippen molar-refractivity contribution in [2.75, 3.05) is 7.05 Å². The van der Waals surface area contributed by atoms with Crippen LogP contribution in [0.25, 0.3) is 10.1 Å². The van der Waals surface area contributed by atoms with Crippen LogP contribution in [0.4, 0.5) is 8.78 Å². The molecule has 4 nitrogen and oxygen atoms in total. The second-order valence-corrected chi connectivity index (χ2v) is 6.36. The van der Waals surface area contributed by atoms with E-state index in [9.17, 15) is 13.6 Å². The zero-order chi connectivity index (χ0) is 16.6. The van der Waals surface area contributed by atoms with Crippen LogP contribution in [0.5, 0.6) is 0 Å². The molecular formula is C15H12ClF2N3OS. The summed E-state index contributed by atoms with van der Waals surface area (Å²) >= 11 is 7.57. The zero-order valence-electron chi connectivity index (χ0n) is 12.0. The fourth-order valence-corrected chi connectivity index (χ4v) is 3.76. The third-order valence-electron chi connectivity index (χ3n) is 3.41. The van der Waals surface area contributed by atoms with Crippen molar-refractivity contribution in [2.24, 2.45) is 0 Å². The maximum Gasteiger partial charge on any atom is 0.319 e. The highest BCUT2D eigenvalue weighted by molar-refractivity contribution is 7.21. The second kappa shape index (κ2) is 6.25. The molecule has 1 aromatic carbocycles. The molecule has 0 bridgehead atoms. The lowest BCUT2D eigenvalue weighted by Gasteiger charge is -2.17. The Morgan fingerprint density at radius 2 is 2.17 bits per heavy atom. The van der Waals surface area contributed by atoms with E-state index >= 15 is 0 Å². The molecule has 23 heavy (non-hydrogen) atoms. The van der Waals surface area contributed by atoms with E-state index in [0.29, 0.717) is 9.90 Å². The number of amides is 1. The molecule has 0 aliphatic rings. The Morgan fingerprint density at radius 1 is 1.43 bits per heavy atom. The predicted molar refractivity (Wildman–Crippen MR) is 86.1 cm³/mol. The first-order valence-electron chi connectivity index (χ1n) is 6.71. The number of carbonyl (C=O) groups is 1. The van der Waals surface area contributed by atoms with E-state index in [1.54, 1.807) is 0 Å². The van der Waals surface area contributed by atoms with Gasteiger partial charge in [-0.05, 0) is 6.07 Å². The smallest absolute Gasteiger partial charge is 0.319 e. The van der Waals surface area contributed by atoms with Crippen LogP contribution in [0, 0.1) is 0 Å². The van der Waals surface area contributed by atoms with E-state index < -0.39 is 6.55 Å². The van der Waals surface area contributed by atoms with Gasteiger partial charge in [-0.3, -0.25) is 9.36 Å². The third-order valence-corrected chi connectivity index (χ3v) is 5.08. The molecule has 0 saturated heterocycles. The quantitative estimate of drug-likeness (QED) is 0.695. The summed E-state index contributed by atoms with van der Waals surface area (Å²) in [7, 11) is 1.54. The largest absolute Gasteiger partial charge is 0.333 e. The minimum atomic E-state index is -2.69. The Labute approximate surface area is 139 Å². The van der Waals surface area contributed by atoms with Crippen LogP contribution in [-0.4, -0.2) is 27.4 Å². The first-order chi connectivity index (χ1) is 11.0. The molecule has 0 aliphatic carbocycles. The fourth-order valence-electron chi connectivity index (χ4n) is 2.25. The van der Waals surface area contributed by atoms with Crippen LogP contribution < -0.4 is 0 Å². The first kappa shape index (κ1) is 15.9. The van der Waals surface area contributed by atoms with Gasteiger partial charge in [-0.25, -0.2) is 4.98 Å². The average Bonchev–Trinajstić information content (AvgIpc) is 3.12. The number of halogens is 3. The maximum atomic E-state index is 12.8. The number of carbonyl (C=O) groups excluding carboxylic acids is 1. The molecule has 0 spiro atoms. The number of hydrogen-bond donors (Lipinski definition) is 0. The van der Waals surface area contributed by atoms with Crippen molar-refractivity contribution in [2.45, 2.75) is 13.1 Å². The molecule has 0 unspecified atom stereocenters. The van der Waals surface area contributed by atoms with Crippen molar-refractivity contribution in [3.8, 4) is 0 Å². The number of aromatic nitrogens is 2. The molecule has 2 heterocycles. The number of thiophene rings is 1. The van der Waals surface area contributed by atoms with E-state index in [1.807, 2.05) is 24.3 Å². The lowest BCUT2D eigenvalue weighted by molar-refractivity contribution is 0.0613. The average molecular weight is 356 g/mol. The topological polar surface area (TPSA) is 38.1 Å². The van der Waals surface area contributed by atoms with Gasteiger partial charge < -0.3 is 4.90 Å². The summed E-state index contributed by atoms with van der Waals surface area (Å²) in [6.07, 6.45) is 2.47. The number of fused-ring (bicyclic) bond motifs is 1. The van der Waals surface area contributed by atoms with Crippen LogP contribution in [-0.2, 0) is 6.54 Å². The normalized spacial score (nSPS) is 11.3. The van der Waals surface area contributed by atoms with Gasteiger partial charge in [0.1, 0.15) is 10.7 Å². The van der Waals surface area contributed by atoms with Crippen LogP contribution in [0.15, 0.2) is 36.7 Å². The third kappa shape index (κ3) is 2.94. The van der Waals surface area contributed by atoms with E-state index in [2.05, 4.69) is 4.98 Å². The number of benzene rings is 1. The summed E-state index contributed by atoms with van der Waals surface area (Å²) < 4.78 is 27.3. The SMILES string of the molecule is CN(Cc1nccn1C(F)F)C(=O)c1sc2ccccc2c1Cl. The zero-order valence-corrected chi connectivity index (χ0v) is 13.6. The number of alkyl halides is 2. The van der Waals surface area contributed by atoms with Crippen molar-refractivity contribution < 1.29 is 13.6 Å². The highest BCUT2D eigenvalue weighted by Gasteiger charge is 2.22. The highest BCUT2D eigenvalue weighted by atomic mass is 35.5. The van der Waals surface area contributed by atoms with Gasteiger partial charge in [0.25, 0.3) is 5.91 Å². The lowest BCUT2D eigenvalue weighted by Crippen LogP contribution is -2.27. The van der Waals surface area contributed by atoms with Gasteiger partial charge in [0.2, 0.25) is 0 Å². The second-order valence-electron chi connectivity index (χ2n) is 4.93. The number of imidazole rings is 1. The molecule has 0 aliphatic heterocycles. The van der Waals surface area contributed by atoms with E-state index in [4.69, 9.17) is 11.6 Å². The van der Waals surface area contributed by atoms with Gasteiger partial charge in [-0.1, -0.05) is 29.8 Å². The van der Waals surface area contributed by atoms with Gasteiger partial charge in [0.15, 0.2) is 0 Å². The van der Waals surface area contributed by atoms with Crippen molar-refractivity contribution in [1.29, 1.82) is 0 Å². The molecule has 8 heteroatoms. The minimum Gasteiger partial charge on any atom is -0.333 e. The van der Waals surface area contributed by atoms with Crippen LogP contribution in [0.1, 0.15) is 22.0 Å². The number of rotatable bonds is 4. The van der Waals surface area contributed by atoms with Gasteiger partial charge in [-0.2, -0.15) is 8.78 Å². The summed E-state index contributed by atoms with van der Waals surface area (Å²) in [5.41, 5.74) is 0. The molecule has 0 atom stereocenters. The minimum absolute atomic E-state index is 0.0270. The summed E-state index contributed by atoms with van der Waals surface area (Å²) in [6.45, 7) is -2.72. The number of hydrogen-bond acceptors (Lipinski definition) is 3. The van der Waals surface area contributed by atoms with Gasteiger partial charge in [0.05, 0.1) is 11.6 Å². The van der Waals surface area contributed by atoms with Gasteiger partial charge >= 0.3 is 6.55 Å². The molecule has 1 amide bonds. The molecule has 0 N–H and O–H groups in total. The van der Waals surface area contributed by atoms with Crippen molar-refractivity contribution in [3.05, 3.63) is 52.4 Å². The molecular weight excluding hydrogens is 344 g/mol. The Hall–Kier alpha value is -1.99. The standard InChI is InChI=1S/C15H12ClF2N3OS/c1-20(8-11-19-6-7-21(11)15(17)18)14(22)13-12(16)9-4-2-3-5-10(9)23-13/h2-7,15H,8H2,1H3. The molecule has 2 aromatic heterocycles. The van der Waals surface area contributed by atoms with E-state index in [1.165, 1.54) is 35.7 Å². The van der Waals surface area contributed by atoms with Crippen molar-refractivity contribution in [3.63, 3.8) is 0 Å². The summed E-state index contributed by atoms with van der Waals surface area (Å²) in [6, 6.07) is 7.44. The van der Waals surface area contributed by atoms with Crippen LogP contribution in [0.3, 0.4) is 0 Å². The van der Waals surface area contributed by atoms with Crippen molar-refractivity contribution >= 4 is 38.9 Å². The first-order valence-corrected chi connectivity index (χ1v) is 7.91. The summed E-state index contributed by atoms with van der Waals surface area (Å²) in [5.74, 6) is -0.201. The molecule has 120 valence electrons. The Morgan fingerprint density at radius 3 is 2.87 bits per heavy atom. The Balaban J connectivity index is 1.86. The van der Waals surface area contributed by atoms with Crippen LogP contribution >= 0.6 is 22.9 Å².